The van der Waals surface area contributed by atoms with Gasteiger partial charge in [-0.15, -0.1) is 0 Å². The van der Waals surface area contributed by atoms with Crippen LogP contribution in [0.15, 0.2) is 42.5 Å². The van der Waals surface area contributed by atoms with Crippen LogP contribution in [0.3, 0.4) is 0 Å². The number of aryl methyl sites for hydroxylation is 2. The lowest BCUT2D eigenvalue weighted by atomic mass is 10.1. The first-order valence-electron chi connectivity index (χ1n) is 14.9. The van der Waals surface area contributed by atoms with Gasteiger partial charge in [0.25, 0.3) is 0 Å². The van der Waals surface area contributed by atoms with Crippen molar-refractivity contribution in [2.45, 2.75) is 19.8 Å². The third-order valence-corrected chi connectivity index (χ3v) is 4.92. The van der Waals surface area contributed by atoms with Crippen molar-refractivity contribution >= 4 is 11.6 Å². The largest absolute Gasteiger partial charge is 0.493 e. The molecule has 2 aromatic carbocycles. The molecule has 1 heterocycles. The van der Waals surface area contributed by atoms with Crippen LogP contribution in [-0.2, 0) is 4.79 Å². The van der Waals surface area contributed by atoms with Crippen molar-refractivity contribution in [2.24, 2.45) is 0 Å². The minimum atomic E-state index is -2.69. The van der Waals surface area contributed by atoms with Crippen molar-refractivity contribution in [1.82, 2.24) is 9.80 Å². The van der Waals surface area contributed by atoms with Crippen LogP contribution in [0.1, 0.15) is 24.8 Å². The number of nitrogens with one attached hydrogen (secondary N) is 1. The topological polar surface area (TPSA) is 74.3 Å². The molecule has 1 atom stereocenters. The molecule has 2 N–H and O–H groups in total. The van der Waals surface area contributed by atoms with Gasteiger partial charge in [0, 0.05) is 46.6 Å². The number of carbonyl (C=O) groups is 1. The van der Waals surface area contributed by atoms with Gasteiger partial charge in [0.05, 0.1) is 19.1 Å². The second-order valence-corrected chi connectivity index (χ2v) is 7.23. The highest BCUT2D eigenvalue weighted by Gasteiger charge is 2.21. The summed E-state index contributed by atoms with van der Waals surface area (Å²) < 4.78 is 86.9. The minimum Gasteiger partial charge on any atom is -0.493 e. The lowest BCUT2D eigenvalue weighted by molar-refractivity contribution is -0.117. The fourth-order valence-electron chi connectivity index (χ4n) is 3.29. The van der Waals surface area contributed by atoms with Gasteiger partial charge in [-0.25, -0.2) is 0 Å². The molecule has 1 saturated heterocycles. The molecule has 0 aromatic heterocycles. The number of carbonyl (C=O) groups excluding carboxylic acids is 1. The van der Waals surface area contributed by atoms with Crippen molar-refractivity contribution < 1.29 is 33.1 Å². The highest BCUT2D eigenvalue weighted by molar-refractivity contribution is 5.93. The number of para-hydroxylation sites is 3. The SMILES string of the molecule is [2H]C(O)(COc1ccccc1OC([2H])([2H])[2H])CN1CCN(CC(=O)Nc2c(C([2H])([2H])[2H])cccc2C([2H])([2H])[2H])CC1. The predicted molar refractivity (Wildman–Crippen MR) is 122 cm³/mol. The fourth-order valence-corrected chi connectivity index (χ4v) is 3.29. The Hall–Kier alpha value is -2.61. The summed E-state index contributed by atoms with van der Waals surface area (Å²) in [7, 11) is -2.69. The second-order valence-electron chi connectivity index (χ2n) is 7.23. The summed E-state index contributed by atoms with van der Waals surface area (Å²) in [5, 5.41) is 13.1. The van der Waals surface area contributed by atoms with Crippen molar-refractivity contribution in [2.75, 3.05) is 58.2 Å². The van der Waals surface area contributed by atoms with E-state index in [1.807, 2.05) is 4.90 Å². The number of methoxy groups -OCH3 is 1. The number of aliphatic hydroxyl groups is 1. The van der Waals surface area contributed by atoms with E-state index in [0.29, 0.717) is 26.2 Å². The van der Waals surface area contributed by atoms with Crippen LogP contribution in [0.25, 0.3) is 0 Å². The maximum absolute atomic E-state index is 12.8. The van der Waals surface area contributed by atoms with Crippen molar-refractivity contribution in [3.8, 4) is 11.5 Å². The maximum Gasteiger partial charge on any atom is 0.238 e. The Bertz CT molecular complexity index is 1160. The molecule has 2 aromatic rings. The van der Waals surface area contributed by atoms with E-state index in [-0.39, 0.29) is 41.4 Å². The quantitative estimate of drug-likeness (QED) is 0.627. The van der Waals surface area contributed by atoms with E-state index in [2.05, 4.69) is 5.32 Å². The summed E-state index contributed by atoms with van der Waals surface area (Å²) >= 11 is 0. The molecular weight excluding hydrogens is 394 g/mol. The Kier molecular flexibility index (Phi) is 4.69. The molecule has 0 aliphatic carbocycles. The molecule has 1 aliphatic heterocycles. The van der Waals surface area contributed by atoms with Crippen LogP contribution in [-0.4, -0.2) is 79.8 Å². The van der Waals surface area contributed by atoms with Gasteiger partial charge in [-0.2, -0.15) is 0 Å². The fraction of sp³-hybridized carbons (Fsp3) is 0.458. The first-order valence-corrected chi connectivity index (χ1v) is 9.86. The number of piperazine rings is 1. The zero-order valence-corrected chi connectivity index (χ0v) is 17.1. The van der Waals surface area contributed by atoms with Crippen LogP contribution in [0.2, 0.25) is 0 Å². The second kappa shape index (κ2) is 11.1. The molecule has 0 saturated carbocycles. The molecule has 1 unspecified atom stereocenters. The molecular formula is C24H33N3O4. The number of amides is 1. The smallest absolute Gasteiger partial charge is 0.238 e. The Labute approximate surface area is 198 Å². The third kappa shape index (κ3) is 6.69. The first kappa shape index (κ1) is 13.1. The number of nitrogens with zero attached hydrogens (tertiary/aromatic N) is 2. The number of hydrogen-bond acceptors (Lipinski definition) is 6. The number of hydrogen-bond donors (Lipinski definition) is 2. The average Bonchev–Trinajstić information content (AvgIpc) is 2.82. The summed E-state index contributed by atoms with van der Waals surface area (Å²) in [4.78, 5) is 16.4. The molecule has 1 fully saturated rings. The summed E-state index contributed by atoms with van der Waals surface area (Å²) in [5.41, 5.74) is -0.746. The standard InChI is InChI=1S/C24H33N3O4/c1-18-7-6-8-19(2)24(18)25-23(29)16-27-13-11-26(12-14-27)15-20(28)17-31-22-10-5-4-9-21(22)30-3/h4-10,20,28H,11-17H2,1-3H3,(H,25,29)/i1D3,2D3,3D3,20D. The van der Waals surface area contributed by atoms with Crippen LogP contribution < -0.4 is 14.8 Å². The normalized spacial score (nSPS) is 23.0. The molecule has 0 radical (unpaired) electrons. The van der Waals surface area contributed by atoms with E-state index in [0.717, 1.165) is 0 Å². The molecule has 168 valence electrons. The Morgan fingerprint density at radius 2 is 1.77 bits per heavy atom. The zero-order valence-electron chi connectivity index (χ0n) is 27.1. The van der Waals surface area contributed by atoms with Gasteiger partial charge in [0.2, 0.25) is 5.91 Å². The van der Waals surface area contributed by atoms with Gasteiger partial charge in [-0.05, 0) is 37.0 Å². The summed E-state index contributed by atoms with van der Waals surface area (Å²) in [6, 6.07) is 9.92. The predicted octanol–water partition coefficient (Wildman–Crippen LogP) is 2.31. The molecule has 7 nitrogen and oxygen atoms in total. The Morgan fingerprint density at radius 3 is 2.45 bits per heavy atom. The maximum atomic E-state index is 12.8. The molecule has 0 spiro atoms. The van der Waals surface area contributed by atoms with E-state index >= 15 is 0 Å². The van der Waals surface area contributed by atoms with E-state index < -0.39 is 39.3 Å². The van der Waals surface area contributed by atoms with Crippen molar-refractivity contribution in [1.29, 1.82) is 0 Å². The van der Waals surface area contributed by atoms with Gasteiger partial charge in [0.1, 0.15) is 12.7 Å². The van der Waals surface area contributed by atoms with Gasteiger partial charge in [-0.1, -0.05) is 30.3 Å². The molecule has 1 aliphatic rings. The van der Waals surface area contributed by atoms with Crippen LogP contribution >= 0.6 is 0 Å². The number of anilines is 1. The Morgan fingerprint density at radius 1 is 1.10 bits per heavy atom. The third-order valence-electron chi connectivity index (χ3n) is 4.92. The van der Waals surface area contributed by atoms with Crippen LogP contribution in [0, 0.1) is 13.7 Å². The van der Waals surface area contributed by atoms with E-state index in [1.165, 1.54) is 30.3 Å². The van der Waals surface area contributed by atoms with Gasteiger partial charge < -0.3 is 19.9 Å². The molecule has 7 heteroatoms. The average molecular weight is 438 g/mol. The summed E-state index contributed by atoms with van der Waals surface area (Å²) in [5.74, 6) is -0.529. The first-order chi connectivity index (χ1) is 18.8. The van der Waals surface area contributed by atoms with Crippen LogP contribution in [0.4, 0.5) is 5.69 Å². The van der Waals surface area contributed by atoms with Crippen LogP contribution in [0.5, 0.6) is 11.5 Å². The summed E-state index contributed by atoms with van der Waals surface area (Å²) in [6.07, 6.45) is -2.03. The molecule has 0 bridgehead atoms. The minimum absolute atomic E-state index is 0.0392. The molecule has 3 rings (SSSR count). The molecule has 31 heavy (non-hydrogen) atoms. The Balaban J connectivity index is 1.54. The lowest BCUT2D eigenvalue weighted by Crippen LogP contribution is -2.50. The van der Waals surface area contributed by atoms with Gasteiger partial charge in [-0.3, -0.25) is 14.6 Å². The monoisotopic (exact) mass is 437 g/mol. The van der Waals surface area contributed by atoms with Crippen molar-refractivity contribution in [3.05, 3.63) is 53.6 Å². The molecule has 1 amide bonds. The lowest BCUT2D eigenvalue weighted by Gasteiger charge is -2.35. The van der Waals surface area contributed by atoms with Crippen molar-refractivity contribution in [3.63, 3.8) is 0 Å². The van der Waals surface area contributed by atoms with Gasteiger partial charge in [0.15, 0.2) is 11.5 Å². The summed E-state index contributed by atoms with van der Waals surface area (Å²) in [6.45, 7) is -4.31. The van der Waals surface area contributed by atoms with E-state index in [4.69, 9.17) is 23.2 Å². The van der Waals surface area contributed by atoms with Gasteiger partial charge >= 0.3 is 0 Å². The highest BCUT2D eigenvalue weighted by atomic mass is 16.5. The number of ether oxygens (including phenoxy) is 2. The van der Waals surface area contributed by atoms with E-state index in [1.54, 1.807) is 17.0 Å². The number of β-amino-alcohol motifs (C(OH)–C–C–N with tert-alkyl or cyclic N) is 1. The van der Waals surface area contributed by atoms with E-state index in [9.17, 15) is 9.90 Å². The number of rotatable bonds is 9. The zero-order chi connectivity index (χ0) is 30.6. The number of benzene rings is 2. The highest BCUT2D eigenvalue weighted by Crippen LogP contribution is 2.25.